The van der Waals surface area contributed by atoms with Gasteiger partial charge in [-0.05, 0) is 78.3 Å². The Hall–Kier alpha value is -3.51. The Morgan fingerprint density at radius 1 is 1.06 bits per heavy atom. The van der Waals surface area contributed by atoms with Gasteiger partial charge in [-0.2, -0.15) is 0 Å². The molecule has 6 nitrogen and oxygen atoms in total. The second-order valence-corrected chi connectivity index (χ2v) is 9.36. The fraction of sp³-hybridized carbons (Fsp3) is 0.367. The first-order valence-corrected chi connectivity index (χ1v) is 12.6. The Balaban J connectivity index is 1.31. The summed E-state index contributed by atoms with van der Waals surface area (Å²) < 4.78 is 23.2. The smallest absolute Gasteiger partial charge is 0.304 e. The molecule has 1 heterocycles. The van der Waals surface area contributed by atoms with Crippen LogP contribution in [0.3, 0.4) is 0 Å². The molecule has 6 heteroatoms. The predicted octanol–water partition coefficient (Wildman–Crippen LogP) is 5.71. The molecule has 1 atom stereocenters. The lowest BCUT2D eigenvalue weighted by Crippen LogP contribution is -2.11. The summed E-state index contributed by atoms with van der Waals surface area (Å²) in [7, 11) is 0. The maximum Gasteiger partial charge on any atom is 0.304 e. The quantitative estimate of drug-likeness (QED) is 0.369. The summed E-state index contributed by atoms with van der Waals surface area (Å²) in [5.74, 6) is 1.43. The molecule has 1 aliphatic carbocycles. The minimum absolute atomic E-state index is 0.0745. The SMILES string of the molecule is CCOCCOc1cc(C)c2c(c1)CCc1c(COc3ccc4c(c3)OC[C@H]4CC(=O)O)cccc1-2. The number of rotatable bonds is 10. The minimum Gasteiger partial charge on any atom is -0.492 e. The molecule has 36 heavy (non-hydrogen) atoms. The number of benzene rings is 3. The lowest BCUT2D eigenvalue weighted by atomic mass is 9.81. The fourth-order valence-corrected chi connectivity index (χ4v) is 5.30. The number of aliphatic carboxylic acids is 1. The van der Waals surface area contributed by atoms with Crippen LogP contribution in [-0.4, -0.2) is 37.5 Å². The number of carboxylic acids is 1. The van der Waals surface area contributed by atoms with Crippen LogP contribution in [0, 0.1) is 6.92 Å². The highest BCUT2D eigenvalue weighted by atomic mass is 16.5. The molecular formula is C30H32O6. The van der Waals surface area contributed by atoms with Crippen LogP contribution in [0.1, 0.15) is 47.1 Å². The molecule has 0 radical (unpaired) electrons. The molecule has 3 aromatic carbocycles. The number of hydrogen-bond donors (Lipinski definition) is 1. The number of carboxylic acid groups (broad SMARTS) is 1. The molecule has 0 unspecified atom stereocenters. The molecule has 0 aromatic heterocycles. The van der Waals surface area contributed by atoms with E-state index in [-0.39, 0.29) is 12.3 Å². The van der Waals surface area contributed by atoms with Gasteiger partial charge < -0.3 is 24.1 Å². The largest absolute Gasteiger partial charge is 0.492 e. The topological polar surface area (TPSA) is 74.2 Å². The van der Waals surface area contributed by atoms with E-state index >= 15 is 0 Å². The van der Waals surface area contributed by atoms with E-state index in [2.05, 4.69) is 37.3 Å². The van der Waals surface area contributed by atoms with Crippen molar-refractivity contribution < 1.29 is 28.8 Å². The fourth-order valence-electron chi connectivity index (χ4n) is 5.30. The Morgan fingerprint density at radius 2 is 1.94 bits per heavy atom. The molecule has 0 saturated carbocycles. The van der Waals surface area contributed by atoms with Crippen molar-refractivity contribution in [3.05, 3.63) is 76.3 Å². The van der Waals surface area contributed by atoms with E-state index in [1.807, 2.05) is 25.1 Å². The lowest BCUT2D eigenvalue weighted by Gasteiger charge is -2.25. The number of carbonyl (C=O) groups is 1. The van der Waals surface area contributed by atoms with E-state index in [9.17, 15) is 4.79 Å². The molecule has 0 fully saturated rings. The van der Waals surface area contributed by atoms with Gasteiger partial charge in [-0.25, -0.2) is 0 Å². The number of fused-ring (bicyclic) bond motifs is 4. The summed E-state index contributed by atoms with van der Waals surface area (Å²) in [5.41, 5.74) is 8.55. The monoisotopic (exact) mass is 488 g/mol. The van der Waals surface area contributed by atoms with Crippen molar-refractivity contribution in [3.63, 3.8) is 0 Å². The van der Waals surface area contributed by atoms with E-state index in [0.717, 1.165) is 35.7 Å². The lowest BCUT2D eigenvalue weighted by molar-refractivity contribution is -0.137. The minimum atomic E-state index is -0.812. The summed E-state index contributed by atoms with van der Waals surface area (Å²) in [4.78, 5) is 11.1. The number of hydrogen-bond acceptors (Lipinski definition) is 5. The zero-order valence-electron chi connectivity index (χ0n) is 20.8. The Morgan fingerprint density at radius 3 is 2.78 bits per heavy atom. The van der Waals surface area contributed by atoms with Gasteiger partial charge in [-0.1, -0.05) is 24.3 Å². The highest BCUT2D eigenvalue weighted by Crippen LogP contribution is 2.41. The molecule has 0 spiro atoms. The Kier molecular flexibility index (Phi) is 7.14. The van der Waals surface area contributed by atoms with Crippen molar-refractivity contribution in [3.8, 4) is 28.4 Å². The van der Waals surface area contributed by atoms with Gasteiger partial charge >= 0.3 is 5.97 Å². The molecule has 1 N–H and O–H groups in total. The van der Waals surface area contributed by atoms with Gasteiger partial charge in [0.05, 0.1) is 19.6 Å². The van der Waals surface area contributed by atoms with Crippen LogP contribution in [0.5, 0.6) is 17.2 Å². The van der Waals surface area contributed by atoms with Crippen molar-refractivity contribution in [2.24, 2.45) is 0 Å². The average Bonchev–Trinajstić information content (AvgIpc) is 3.26. The van der Waals surface area contributed by atoms with Crippen molar-refractivity contribution in [2.45, 2.75) is 45.6 Å². The first kappa shape index (κ1) is 24.2. The third-order valence-electron chi connectivity index (χ3n) is 6.96. The predicted molar refractivity (Wildman–Crippen MR) is 137 cm³/mol. The molecule has 3 aromatic rings. The van der Waals surface area contributed by atoms with Gasteiger partial charge in [0, 0.05) is 24.2 Å². The van der Waals surface area contributed by atoms with Gasteiger partial charge in [0.25, 0.3) is 0 Å². The molecule has 5 rings (SSSR count). The molecule has 0 amide bonds. The summed E-state index contributed by atoms with van der Waals surface area (Å²) in [6.45, 7) is 6.84. The first-order valence-electron chi connectivity index (χ1n) is 12.6. The van der Waals surface area contributed by atoms with E-state index in [1.54, 1.807) is 0 Å². The molecule has 2 aliphatic rings. The standard InChI is InChI=1S/C30H32O6/c1-3-33-11-12-34-24-13-19(2)30-20(14-24)7-9-25-21(5-4-6-27(25)30)17-35-23-8-10-26-22(15-29(31)32)18-36-28(26)16-23/h4-6,8,10,13-14,16,22H,3,7,9,11-12,15,17-18H2,1-2H3,(H,31,32)/t22-/m1/s1. The molecule has 0 saturated heterocycles. The van der Waals surface area contributed by atoms with E-state index < -0.39 is 5.97 Å². The Bertz CT molecular complexity index is 1260. The maximum atomic E-state index is 11.1. The zero-order chi connectivity index (χ0) is 25.1. The van der Waals surface area contributed by atoms with Crippen molar-refractivity contribution in [2.75, 3.05) is 26.4 Å². The van der Waals surface area contributed by atoms with E-state index in [0.29, 0.717) is 33.0 Å². The number of ether oxygens (including phenoxy) is 4. The van der Waals surface area contributed by atoms with Crippen molar-refractivity contribution in [1.29, 1.82) is 0 Å². The second-order valence-electron chi connectivity index (χ2n) is 9.36. The van der Waals surface area contributed by atoms with Gasteiger partial charge in [0.15, 0.2) is 0 Å². The van der Waals surface area contributed by atoms with Crippen LogP contribution >= 0.6 is 0 Å². The molecular weight excluding hydrogens is 456 g/mol. The van der Waals surface area contributed by atoms with Crippen LogP contribution in [0.2, 0.25) is 0 Å². The van der Waals surface area contributed by atoms with Crippen LogP contribution < -0.4 is 14.2 Å². The summed E-state index contributed by atoms with van der Waals surface area (Å²) in [6, 6.07) is 16.4. The molecule has 188 valence electrons. The van der Waals surface area contributed by atoms with Crippen LogP contribution in [0.4, 0.5) is 0 Å². The van der Waals surface area contributed by atoms with E-state index in [1.165, 1.54) is 33.4 Å². The van der Waals surface area contributed by atoms with Crippen LogP contribution in [0.15, 0.2) is 48.5 Å². The van der Waals surface area contributed by atoms with Gasteiger partial charge in [0.2, 0.25) is 0 Å². The van der Waals surface area contributed by atoms with Gasteiger partial charge in [0.1, 0.15) is 30.5 Å². The Labute approximate surface area is 211 Å². The normalized spacial score (nSPS) is 15.4. The average molecular weight is 489 g/mol. The highest BCUT2D eigenvalue weighted by Gasteiger charge is 2.27. The number of aryl methyl sites for hydroxylation is 2. The molecule has 1 aliphatic heterocycles. The third-order valence-corrected chi connectivity index (χ3v) is 6.96. The summed E-state index contributed by atoms with van der Waals surface area (Å²) in [6.07, 6.45) is 1.99. The molecule has 0 bridgehead atoms. The van der Waals surface area contributed by atoms with Gasteiger partial charge in [-0.3, -0.25) is 4.79 Å². The van der Waals surface area contributed by atoms with E-state index in [4.69, 9.17) is 24.1 Å². The second kappa shape index (κ2) is 10.6. The van der Waals surface area contributed by atoms with Gasteiger partial charge in [-0.15, -0.1) is 0 Å². The van der Waals surface area contributed by atoms with Crippen molar-refractivity contribution >= 4 is 5.97 Å². The zero-order valence-corrected chi connectivity index (χ0v) is 20.8. The maximum absolute atomic E-state index is 11.1. The van der Waals surface area contributed by atoms with Crippen LogP contribution in [-0.2, 0) is 29.0 Å². The third kappa shape index (κ3) is 5.05. The van der Waals surface area contributed by atoms with Crippen LogP contribution in [0.25, 0.3) is 11.1 Å². The summed E-state index contributed by atoms with van der Waals surface area (Å²) in [5, 5.41) is 9.11. The first-order chi connectivity index (χ1) is 17.5. The highest BCUT2D eigenvalue weighted by molar-refractivity contribution is 5.78. The summed E-state index contributed by atoms with van der Waals surface area (Å²) >= 11 is 0. The van der Waals surface area contributed by atoms with Crippen molar-refractivity contribution in [1.82, 2.24) is 0 Å².